The molecule has 0 saturated carbocycles. The molecule has 0 bridgehead atoms. The third kappa shape index (κ3) is 4.10. The van der Waals surface area contributed by atoms with Crippen molar-refractivity contribution in [2.45, 2.75) is 11.4 Å². The van der Waals surface area contributed by atoms with Gasteiger partial charge in [0.2, 0.25) is 0 Å². The second kappa shape index (κ2) is 8.90. The summed E-state index contributed by atoms with van der Waals surface area (Å²) in [4.78, 5) is 13.2. The van der Waals surface area contributed by atoms with E-state index in [1.165, 1.54) is 33.1 Å². The lowest BCUT2D eigenvalue weighted by Gasteiger charge is -2.23. The molecule has 9 heteroatoms. The van der Waals surface area contributed by atoms with Crippen LogP contribution < -0.4 is 9.86 Å². The van der Waals surface area contributed by atoms with E-state index in [1.54, 1.807) is 54.6 Å². The molecule has 0 unspecified atom stereocenters. The molecule has 0 aliphatic carbocycles. The van der Waals surface area contributed by atoms with Crippen LogP contribution in [-0.2, 0) is 16.6 Å². The number of aromatic nitrogens is 1. The quantitative estimate of drug-likeness (QED) is 0.351. The van der Waals surface area contributed by atoms with Crippen LogP contribution in [0.4, 0.5) is 5.82 Å². The first-order chi connectivity index (χ1) is 16.8. The van der Waals surface area contributed by atoms with Gasteiger partial charge in [-0.15, -0.1) is 0 Å². The van der Waals surface area contributed by atoms with Gasteiger partial charge in [0.05, 0.1) is 23.1 Å². The zero-order valence-corrected chi connectivity index (χ0v) is 20.5. The van der Waals surface area contributed by atoms with E-state index >= 15 is 0 Å². The Hall–Kier alpha value is -3.57. The standard InChI is InChI=1S/C26H17Cl2N3O3S/c27-20-8-4-18(5-9-20)23-15-24(32)30-12-13-31(26(30)25(23)19-6-10-21(28)11-7-19)35(33,34)22-3-1-2-17(14-22)16-29/h1-11,14-15H,12-13H2. The van der Waals surface area contributed by atoms with Crippen molar-refractivity contribution in [2.24, 2.45) is 0 Å². The van der Waals surface area contributed by atoms with Crippen LogP contribution in [-0.4, -0.2) is 19.5 Å². The van der Waals surface area contributed by atoms with Gasteiger partial charge in [-0.05, 0) is 59.2 Å². The minimum atomic E-state index is -4.07. The summed E-state index contributed by atoms with van der Waals surface area (Å²) < 4.78 is 30.3. The van der Waals surface area contributed by atoms with Crippen molar-refractivity contribution in [1.82, 2.24) is 4.57 Å². The lowest BCUT2D eigenvalue weighted by Crippen LogP contribution is -2.30. The van der Waals surface area contributed by atoms with Crippen molar-refractivity contribution < 1.29 is 8.42 Å². The minimum Gasteiger partial charge on any atom is -0.292 e. The average Bonchev–Trinajstić information content (AvgIpc) is 3.32. The van der Waals surface area contributed by atoms with Gasteiger partial charge in [-0.2, -0.15) is 5.26 Å². The van der Waals surface area contributed by atoms with Crippen LogP contribution in [0.15, 0.2) is 88.6 Å². The summed E-state index contributed by atoms with van der Waals surface area (Å²) in [6.07, 6.45) is 0. The van der Waals surface area contributed by atoms with Crippen LogP contribution in [0, 0.1) is 11.3 Å². The van der Waals surface area contributed by atoms with E-state index in [-0.39, 0.29) is 34.9 Å². The van der Waals surface area contributed by atoms with Crippen molar-refractivity contribution in [3.63, 3.8) is 0 Å². The average molecular weight is 522 g/mol. The molecule has 0 radical (unpaired) electrons. The lowest BCUT2D eigenvalue weighted by atomic mass is 9.95. The predicted molar refractivity (Wildman–Crippen MR) is 137 cm³/mol. The first-order valence-corrected chi connectivity index (χ1v) is 12.8. The van der Waals surface area contributed by atoms with Crippen LogP contribution in [0.5, 0.6) is 0 Å². The van der Waals surface area contributed by atoms with Gasteiger partial charge in [-0.3, -0.25) is 9.36 Å². The number of hydrogen-bond acceptors (Lipinski definition) is 4. The van der Waals surface area contributed by atoms with Crippen LogP contribution in [0.2, 0.25) is 10.0 Å². The van der Waals surface area contributed by atoms with E-state index in [4.69, 9.17) is 23.2 Å². The number of nitrogens with zero attached hydrogens (tertiary/aromatic N) is 3. The molecule has 0 amide bonds. The van der Waals surface area contributed by atoms with Crippen molar-refractivity contribution >= 4 is 39.0 Å². The van der Waals surface area contributed by atoms with Gasteiger partial charge < -0.3 is 0 Å². The molecule has 2 heterocycles. The van der Waals surface area contributed by atoms with E-state index in [0.29, 0.717) is 26.7 Å². The first-order valence-electron chi connectivity index (χ1n) is 10.6. The summed E-state index contributed by atoms with van der Waals surface area (Å²) in [6, 6.07) is 23.4. The highest BCUT2D eigenvalue weighted by molar-refractivity contribution is 7.92. The normalized spacial score (nSPS) is 12.9. The summed E-state index contributed by atoms with van der Waals surface area (Å²) in [5.41, 5.74) is 2.50. The summed E-state index contributed by atoms with van der Waals surface area (Å²) >= 11 is 12.2. The number of anilines is 1. The van der Waals surface area contributed by atoms with Crippen molar-refractivity contribution in [3.8, 4) is 28.3 Å². The van der Waals surface area contributed by atoms with Gasteiger partial charge in [0.1, 0.15) is 5.82 Å². The van der Waals surface area contributed by atoms with Gasteiger partial charge in [0, 0.05) is 28.2 Å². The van der Waals surface area contributed by atoms with Gasteiger partial charge in [0.15, 0.2) is 0 Å². The van der Waals surface area contributed by atoms with Gasteiger partial charge in [-0.25, -0.2) is 12.7 Å². The smallest absolute Gasteiger partial charge is 0.265 e. The van der Waals surface area contributed by atoms with Crippen LogP contribution >= 0.6 is 23.2 Å². The molecule has 3 aromatic carbocycles. The highest BCUT2D eigenvalue weighted by Gasteiger charge is 2.35. The number of rotatable bonds is 4. The summed E-state index contributed by atoms with van der Waals surface area (Å²) in [5, 5.41) is 10.3. The molecule has 4 aromatic rings. The maximum atomic E-state index is 13.8. The SMILES string of the molecule is N#Cc1cccc(S(=O)(=O)N2CCn3c2c(-c2ccc(Cl)cc2)c(-c2ccc(Cl)cc2)cc3=O)c1. The van der Waals surface area contributed by atoms with E-state index in [0.717, 1.165) is 5.56 Å². The van der Waals surface area contributed by atoms with E-state index in [2.05, 4.69) is 0 Å². The largest absolute Gasteiger partial charge is 0.292 e. The lowest BCUT2D eigenvalue weighted by molar-refractivity contribution is 0.592. The monoisotopic (exact) mass is 521 g/mol. The van der Waals surface area contributed by atoms with Crippen molar-refractivity contribution in [2.75, 3.05) is 10.8 Å². The third-order valence-electron chi connectivity index (χ3n) is 5.88. The fraction of sp³-hybridized carbons (Fsp3) is 0.0769. The van der Waals surface area contributed by atoms with Crippen LogP contribution in [0.1, 0.15) is 5.56 Å². The molecule has 174 valence electrons. The summed E-state index contributed by atoms with van der Waals surface area (Å²) in [6.45, 7) is 0.284. The Labute approximate surface area is 212 Å². The number of sulfonamides is 1. The number of hydrogen-bond donors (Lipinski definition) is 0. The summed E-state index contributed by atoms with van der Waals surface area (Å²) in [7, 11) is -4.07. The fourth-order valence-electron chi connectivity index (χ4n) is 4.25. The number of pyridine rings is 1. The number of halogens is 2. The zero-order valence-electron chi connectivity index (χ0n) is 18.2. The molecule has 1 aliphatic rings. The molecule has 0 spiro atoms. The topological polar surface area (TPSA) is 83.2 Å². The molecule has 0 fully saturated rings. The molecule has 1 aliphatic heterocycles. The van der Waals surface area contributed by atoms with E-state index in [9.17, 15) is 18.5 Å². The van der Waals surface area contributed by atoms with Crippen LogP contribution in [0.25, 0.3) is 22.3 Å². The van der Waals surface area contributed by atoms with E-state index in [1.807, 2.05) is 6.07 Å². The number of nitriles is 1. The Balaban J connectivity index is 1.81. The molecule has 0 saturated heterocycles. The first kappa shape index (κ1) is 23.2. The van der Waals surface area contributed by atoms with Crippen molar-refractivity contribution in [3.05, 3.63) is 105 Å². The molecule has 35 heavy (non-hydrogen) atoms. The molecule has 6 nitrogen and oxygen atoms in total. The highest BCUT2D eigenvalue weighted by atomic mass is 35.5. The van der Waals surface area contributed by atoms with Gasteiger partial charge in [-0.1, -0.05) is 53.5 Å². The molecular formula is C26H17Cl2N3O3S. The second-order valence-electron chi connectivity index (χ2n) is 7.98. The van der Waals surface area contributed by atoms with Crippen LogP contribution in [0.3, 0.4) is 0 Å². The molecular weight excluding hydrogens is 505 g/mol. The second-order valence-corrected chi connectivity index (χ2v) is 10.7. The Bertz CT molecular complexity index is 1660. The van der Waals surface area contributed by atoms with Gasteiger partial charge in [0.25, 0.3) is 15.6 Å². The molecule has 5 rings (SSSR count). The summed E-state index contributed by atoms with van der Waals surface area (Å²) in [5.74, 6) is 0.270. The Kier molecular flexibility index (Phi) is 5.89. The molecule has 1 aromatic heterocycles. The zero-order chi connectivity index (χ0) is 24.7. The minimum absolute atomic E-state index is 0.0172. The third-order valence-corrected chi connectivity index (χ3v) is 8.17. The predicted octanol–water partition coefficient (Wildman–Crippen LogP) is 5.57. The Morgan fingerprint density at radius 2 is 1.46 bits per heavy atom. The molecule has 0 atom stereocenters. The Morgan fingerprint density at radius 3 is 2.09 bits per heavy atom. The number of benzene rings is 3. The fourth-order valence-corrected chi connectivity index (χ4v) is 6.02. The van der Waals surface area contributed by atoms with Crippen molar-refractivity contribution in [1.29, 1.82) is 5.26 Å². The maximum absolute atomic E-state index is 13.8. The van der Waals surface area contributed by atoms with Gasteiger partial charge >= 0.3 is 0 Å². The maximum Gasteiger partial charge on any atom is 0.265 e. The highest BCUT2D eigenvalue weighted by Crippen LogP contribution is 2.42. The number of fused-ring (bicyclic) bond motifs is 1. The Morgan fingerprint density at radius 1 is 0.829 bits per heavy atom. The van der Waals surface area contributed by atoms with E-state index < -0.39 is 10.0 Å². The molecule has 0 N–H and O–H groups in total.